The predicted octanol–water partition coefficient (Wildman–Crippen LogP) is 8.19. The fraction of sp³-hybridized carbons (Fsp3) is 0.171. The summed E-state index contributed by atoms with van der Waals surface area (Å²) in [5, 5.41) is 2.22. The third-order valence-corrected chi connectivity index (χ3v) is 7.40. The summed E-state index contributed by atoms with van der Waals surface area (Å²) >= 11 is 0. The van der Waals surface area contributed by atoms with Crippen molar-refractivity contribution in [3.05, 3.63) is 121 Å². The number of methoxy groups -OCH3 is 1. The van der Waals surface area contributed by atoms with Gasteiger partial charge in [-0.05, 0) is 89.2 Å². The van der Waals surface area contributed by atoms with Crippen molar-refractivity contribution in [3.63, 3.8) is 0 Å². The number of fused-ring (bicyclic) bond motifs is 2. The number of ether oxygens (including phenoxy) is 2. The lowest BCUT2D eigenvalue weighted by Crippen LogP contribution is -2.10. The van der Waals surface area contributed by atoms with E-state index in [0.29, 0.717) is 12.2 Å². The van der Waals surface area contributed by atoms with E-state index >= 15 is 0 Å². The van der Waals surface area contributed by atoms with Gasteiger partial charge in [0.05, 0.1) is 19.2 Å². The van der Waals surface area contributed by atoms with Crippen LogP contribution in [0.1, 0.15) is 35.7 Å². The fourth-order valence-corrected chi connectivity index (χ4v) is 5.08. The molecule has 6 rings (SSSR count). The second kappa shape index (κ2) is 11.1. The van der Waals surface area contributed by atoms with E-state index in [4.69, 9.17) is 9.47 Å². The van der Waals surface area contributed by atoms with Crippen LogP contribution in [-0.2, 0) is 6.54 Å². The van der Waals surface area contributed by atoms with Crippen LogP contribution in [0.4, 0.5) is 0 Å². The summed E-state index contributed by atoms with van der Waals surface area (Å²) in [5.41, 5.74) is 6.07. The van der Waals surface area contributed by atoms with Gasteiger partial charge >= 0.3 is 0 Å². The molecule has 0 radical (unpaired) electrons. The van der Waals surface area contributed by atoms with E-state index in [1.54, 1.807) is 11.7 Å². The molecule has 0 amide bonds. The van der Waals surface area contributed by atoms with Crippen LogP contribution in [0, 0.1) is 0 Å². The van der Waals surface area contributed by atoms with Gasteiger partial charge in [-0.25, -0.2) is 0 Å². The summed E-state index contributed by atoms with van der Waals surface area (Å²) < 4.78 is 15.1. The summed E-state index contributed by atoms with van der Waals surface area (Å²) in [5.74, 6) is 1.59. The second-order valence-electron chi connectivity index (χ2n) is 10.1. The van der Waals surface area contributed by atoms with E-state index in [1.165, 1.54) is 16.5 Å². The first-order chi connectivity index (χ1) is 19.6. The first-order valence-electron chi connectivity index (χ1n) is 13.7. The van der Waals surface area contributed by atoms with Crippen molar-refractivity contribution in [2.45, 2.75) is 26.3 Å². The zero-order chi connectivity index (χ0) is 27.5. The minimum atomic E-state index is -0.0592. The maximum Gasteiger partial charge on any atom is 0.262 e. The lowest BCUT2D eigenvalue weighted by Gasteiger charge is -2.10. The molecule has 0 aliphatic carbocycles. The third kappa shape index (κ3) is 5.10. The van der Waals surface area contributed by atoms with Gasteiger partial charge in [-0.1, -0.05) is 49.7 Å². The monoisotopic (exact) mass is 528 g/mol. The lowest BCUT2D eigenvalue weighted by atomic mass is 10.0. The van der Waals surface area contributed by atoms with E-state index in [2.05, 4.69) is 72.3 Å². The molecule has 2 aromatic heterocycles. The molecule has 0 N–H and O–H groups in total. The van der Waals surface area contributed by atoms with E-state index < -0.39 is 0 Å². The van der Waals surface area contributed by atoms with Crippen molar-refractivity contribution in [1.82, 2.24) is 9.13 Å². The van der Waals surface area contributed by atoms with Crippen molar-refractivity contribution in [3.8, 4) is 22.6 Å². The smallest absolute Gasteiger partial charge is 0.262 e. The largest absolute Gasteiger partial charge is 0.497 e. The minimum Gasteiger partial charge on any atom is -0.497 e. The van der Waals surface area contributed by atoms with Crippen LogP contribution in [0.3, 0.4) is 0 Å². The van der Waals surface area contributed by atoms with Crippen LogP contribution in [-0.4, -0.2) is 28.8 Å². The van der Waals surface area contributed by atoms with Crippen molar-refractivity contribution >= 4 is 27.7 Å². The Morgan fingerprint density at radius 3 is 2.08 bits per heavy atom. The Labute approximate surface area is 234 Å². The molecule has 0 fully saturated rings. The number of rotatable bonds is 9. The van der Waals surface area contributed by atoms with E-state index in [9.17, 15) is 4.79 Å². The van der Waals surface area contributed by atoms with Crippen LogP contribution in [0.2, 0.25) is 0 Å². The lowest BCUT2D eigenvalue weighted by molar-refractivity contribution is 0.0965. The fourth-order valence-electron chi connectivity index (χ4n) is 5.08. The predicted molar refractivity (Wildman–Crippen MR) is 162 cm³/mol. The van der Waals surface area contributed by atoms with E-state index in [-0.39, 0.29) is 5.91 Å². The second-order valence-corrected chi connectivity index (χ2v) is 10.1. The molecular formula is C35H32N2O3. The maximum atomic E-state index is 13.5. The zero-order valence-corrected chi connectivity index (χ0v) is 22.8. The van der Waals surface area contributed by atoms with Crippen molar-refractivity contribution < 1.29 is 14.3 Å². The van der Waals surface area contributed by atoms with Crippen LogP contribution in [0.25, 0.3) is 32.9 Å². The molecule has 6 aromatic rings. The van der Waals surface area contributed by atoms with Crippen LogP contribution in [0.5, 0.6) is 11.5 Å². The van der Waals surface area contributed by atoms with Gasteiger partial charge in [0.25, 0.3) is 5.91 Å². The van der Waals surface area contributed by atoms with Gasteiger partial charge in [0.2, 0.25) is 0 Å². The summed E-state index contributed by atoms with van der Waals surface area (Å²) in [6.07, 6.45) is 6.08. The number of hydrogen-bond acceptors (Lipinski definition) is 3. The molecule has 200 valence electrons. The van der Waals surface area contributed by atoms with Gasteiger partial charge in [-0.15, -0.1) is 0 Å². The maximum absolute atomic E-state index is 13.5. The third-order valence-electron chi connectivity index (χ3n) is 7.40. The Morgan fingerprint density at radius 1 is 0.725 bits per heavy atom. The number of hydrogen-bond donors (Lipinski definition) is 0. The van der Waals surface area contributed by atoms with Gasteiger partial charge in [0.15, 0.2) is 0 Å². The molecule has 0 saturated heterocycles. The molecule has 0 aliphatic heterocycles. The van der Waals surface area contributed by atoms with Crippen LogP contribution < -0.4 is 9.47 Å². The topological polar surface area (TPSA) is 45.4 Å². The summed E-state index contributed by atoms with van der Waals surface area (Å²) in [4.78, 5) is 13.5. The number of carbonyl (C=O) groups is 1. The first kappa shape index (κ1) is 25.5. The van der Waals surface area contributed by atoms with Gasteiger partial charge < -0.3 is 14.0 Å². The van der Waals surface area contributed by atoms with Gasteiger partial charge in [-0.3, -0.25) is 9.36 Å². The molecule has 4 aromatic carbocycles. The Hall–Kier alpha value is -4.77. The summed E-state index contributed by atoms with van der Waals surface area (Å²) in [7, 11) is 1.68. The molecule has 0 atom stereocenters. The highest BCUT2D eigenvalue weighted by Gasteiger charge is 2.13. The Bertz CT molecular complexity index is 1780. The molecule has 40 heavy (non-hydrogen) atoms. The minimum absolute atomic E-state index is 0.0592. The number of benzene rings is 4. The Balaban J connectivity index is 1.28. The van der Waals surface area contributed by atoms with Crippen molar-refractivity contribution in [2.24, 2.45) is 0 Å². The quantitative estimate of drug-likeness (QED) is 0.178. The zero-order valence-electron chi connectivity index (χ0n) is 22.8. The van der Waals surface area contributed by atoms with Gasteiger partial charge in [0.1, 0.15) is 11.5 Å². The Kier molecular flexibility index (Phi) is 7.11. The molecular weight excluding hydrogens is 496 g/mol. The standard InChI is InChI=1S/C35H32N2O3/c1-3-4-21-40-32-15-11-28(12-16-32)35(38)37-20-18-27-8-10-30(23-34(27)37)29-9-7-26-17-19-36(33(26)22-29)24-25-5-13-31(39-2)14-6-25/h5-20,22-23H,3-4,21,24H2,1-2H3. The van der Waals surface area contributed by atoms with Crippen LogP contribution >= 0.6 is 0 Å². The number of unbranched alkanes of at least 4 members (excludes halogenated alkanes) is 1. The molecule has 5 heteroatoms. The normalized spacial score (nSPS) is 11.2. The molecule has 0 bridgehead atoms. The average Bonchev–Trinajstić information content (AvgIpc) is 3.61. The van der Waals surface area contributed by atoms with E-state index in [1.807, 2.05) is 48.7 Å². The average molecular weight is 529 g/mol. The molecule has 0 saturated carbocycles. The van der Waals surface area contributed by atoms with Gasteiger partial charge in [0, 0.05) is 35.4 Å². The number of carbonyl (C=O) groups excluding carboxylic acids is 1. The first-order valence-corrected chi connectivity index (χ1v) is 13.7. The summed E-state index contributed by atoms with van der Waals surface area (Å²) in [6, 6.07) is 32.6. The van der Waals surface area contributed by atoms with E-state index in [0.717, 1.165) is 52.9 Å². The molecule has 0 unspecified atom stereocenters. The summed E-state index contributed by atoms with van der Waals surface area (Å²) in [6.45, 7) is 3.60. The molecule has 0 spiro atoms. The molecule has 5 nitrogen and oxygen atoms in total. The Morgan fingerprint density at radius 2 is 1.38 bits per heavy atom. The SMILES string of the molecule is CCCCOc1ccc(C(=O)n2ccc3ccc(-c4ccc5ccn(Cc6ccc(OC)cc6)c5c4)cc32)cc1. The highest BCUT2D eigenvalue weighted by molar-refractivity contribution is 6.03. The van der Waals surface area contributed by atoms with Crippen molar-refractivity contribution in [1.29, 1.82) is 0 Å². The molecule has 2 heterocycles. The number of nitrogens with zero attached hydrogens (tertiary/aromatic N) is 2. The highest BCUT2D eigenvalue weighted by Crippen LogP contribution is 2.29. The highest BCUT2D eigenvalue weighted by atomic mass is 16.5. The van der Waals surface area contributed by atoms with Crippen LogP contribution in [0.15, 0.2) is 109 Å². The number of aromatic nitrogens is 2. The van der Waals surface area contributed by atoms with Gasteiger partial charge in [-0.2, -0.15) is 0 Å². The molecule has 0 aliphatic rings. The van der Waals surface area contributed by atoms with Crippen molar-refractivity contribution in [2.75, 3.05) is 13.7 Å².